The maximum atomic E-state index is 12.1. The summed E-state index contributed by atoms with van der Waals surface area (Å²) in [6, 6.07) is -0.955. The van der Waals surface area contributed by atoms with Crippen LogP contribution < -0.4 is 5.32 Å². The van der Waals surface area contributed by atoms with Crippen LogP contribution in [0.25, 0.3) is 0 Å². The number of hydrogen-bond donors (Lipinski definition) is 3. The number of carbonyl (C=O) groups is 2. The molecular formula is C14H25N3O4. The van der Waals surface area contributed by atoms with Crippen LogP contribution in [-0.2, 0) is 4.79 Å². The summed E-state index contributed by atoms with van der Waals surface area (Å²) < 4.78 is 0. The lowest BCUT2D eigenvalue weighted by Crippen LogP contribution is -2.49. The van der Waals surface area contributed by atoms with Gasteiger partial charge in [-0.3, -0.25) is 4.90 Å². The van der Waals surface area contributed by atoms with Gasteiger partial charge in [0.1, 0.15) is 6.04 Å². The standard InChI is InChI=1S/C14H25N3O4/c18-9-5-12(13(19)20)15-14(21)17-8-4-11(10-17)16-6-2-1-3-7-16/h11-12,18H,1-10H2,(H,15,21)(H,19,20). The van der Waals surface area contributed by atoms with Crippen molar-refractivity contribution in [2.75, 3.05) is 32.8 Å². The van der Waals surface area contributed by atoms with Gasteiger partial charge in [-0.15, -0.1) is 0 Å². The van der Waals surface area contributed by atoms with Gasteiger partial charge in [0, 0.05) is 32.2 Å². The second kappa shape index (κ2) is 7.61. The molecular weight excluding hydrogens is 274 g/mol. The number of nitrogens with zero attached hydrogens (tertiary/aromatic N) is 2. The van der Waals surface area contributed by atoms with E-state index in [1.54, 1.807) is 4.90 Å². The fourth-order valence-electron chi connectivity index (χ4n) is 3.13. The lowest BCUT2D eigenvalue weighted by Gasteiger charge is -2.32. The summed E-state index contributed by atoms with van der Waals surface area (Å²) in [6.07, 6.45) is 4.71. The van der Waals surface area contributed by atoms with Crippen molar-refractivity contribution in [3.8, 4) is 0 Å². The predicted octanol–water partition coefficient (Wildman–Crippen LogP) is 0.0918. The van der Waals surface area contributed by atoms with Crippen LogP contribution in [0, 0.1) is 0 Å². The summed E-state index contributed by atoms with van der Waals surface area (Å²) >= 11 is 0. The van der Waals surface area contributed by atoms with Crippen molar-refractivity contribution in [3.63, 3.8) is 0 Å². The van der Waals surface area contributed by atoms with Crippen LogP contribution in [-0.4, -0.2) is 76.9 Å². The van der Waals surface area contributed by atoms with E-state index >= 15 is 0 Å². The Morgan fingerprint density at radius 1 is 1.19 bits per heavy atom. The molecule has 0 saturated carbocycles. The summed E-state index contributed by atoms with van der Waals surface area (Å²) in [5.74, 6) is -1.11. The molecule has 0 bridgehead atoms. The van der Waals surface area contributed by atoms with Gasteiger partial charge in [-0.25, -0.2) is 9.59 Å². The smallest absolute Gasteiger partial charge is 0.326 e. The van der Waals surface area contributed by atoms with Gasteiger partial charge in [-0.2, -0.15) is 0 Å². The molecule has 120 valence electrons. The van der Waals surface area contributed by atoms with Crippen LogP contribution in [0.2, 0.25) is 0 Å². The van der Waals surface area contributed by atoms with Crippen molar-refractivity contribution >= 4 is 12.0 Å². The first-order valence-corrected chi connectivity index (χ1v) is 7.75. The Morgan fingerprint density at radius 2 is 1.90 bits per heavy atom. The molecule has 0 aliphatic carbocycles. The summed E-state index contributed by atoms with van der Waals surface area (Å²) in [6.45, 7) is 3.27. The van der Waals surface area contributed by atoms with E-state index < -0.39 is 12.0 Å². The second-order valence-electron chi connectivity index (χ2n) is 5.84. The number of urea groups is 1. The van der Waals surface area contributed by atoms with E-state index in [1.165, 1.54) is 19.3 Å². The normalized spacial score (nSPS) is 24.8. The number of amides is 2. The Labute approximate surface area is 124 Å². The average molecular weight is 299 g/mol. The molecule has 0 radical (unpaired) electrons. The van der Waals surface area contributed by atoms with Crippen molar-refractivity contribution in [1.82, 2.24) is 15.1 Å². The number of aliphatic hydroxyl groups is 1. The number of carboxylic acid groups (broad SMARTS) is 1. The number of rotatable bonds is 5. The highest BCUT2D eigenvalue weighted by Crippen LogP contribution is 2.20. The molecule has 3 N–H and O–H groups in total. The Morgan fingerprint density at radius 3 is 2.52 bits per heavy atom. The molecule has 7 heteroatoms. The number of aliphatic carboxylic acids is 1. The SMILES string of the molecule is O=C(O)C(CCO)NC(=O)N1CCC(N2CCCCC2)C1. The molecule has 21 heavy (non-hydrogen) atoms. The zero-order chi connectivity index (χ0) is 15.2. The fourth-order valence-corrected chi connectivity index (χ4v) is 3.13. The number of carboxylic acids is 1. The lowest BCUT2D eigenvalue weighted by atomic mass is 10.1. The van der Waals surface area contributed by atoms with E-state index in [0.717, 1.165) is 19.5 Å². The third-order valence-corrected chi connectivity index (χ3v) is 4.37. The average Bonchev–Trinajstić information content (AvgIpc) is 2.97. The highest BCUT2D eigenvalue weighted by molar-refractivity contribution is 5.82. The minimum Gasteiger partial charge on any atom is -0.480 e. The first kappa shape index (κ1) is 16.0. The monoisotopic (exact) mass is 299 g/mol. The molecule has 0 aromatic rings. The number of nitrogens with one attached hydrogen (secondary N) is 1. The third kappa shape index (κ3) is 4.31. The van der Waals surface area contributed by atoms with Gasteiger partial charge in [0.05, 0.1) is 0 Å². The molecule has 2 amide bonds. The fraction of sp³-hybridized carbons (Fsp3) is 0.857. The quantitative estimate of drug-likeness (QED) is 0.669. The molecule has 0 aromatic heterocycles. The van der Waals surface area contributed by atoms with Crippen LogP contribution in [0.4, 0.5) is 4.79 Å². The first-order chi connectivity index (χ1) is 10.1. The first-order valence-electron chi connectivity index (χ1n) is 7.75. The van der Waals surface area contributed by atoms with Crippen LogP contribution >= 0.6 is 0 Å². The topological polar surface area (TPSA) is 93.1 Å². The zero-order valence-electron chi connectivity index (χ0n) is 12.3. The maximum Gasteiger partial charge on any atom is 0.326 e. The number of aliphatic hydroxyl groups excluding tert-OH is 1. The van der Waals surface area contributed by atoms with Crippen LogP contribution in [0.3, 0.4) is 0 Å². The van der Waals surface area contributed by atoms with E-state index in [9.17, 15) is 9.59 Å². The zero-order valence-corrected chi connectivity index (χ0v) is 12.3. The van der Waals surface area contributed by atoms with Gasteiger partial charge < -0.3 is 20.4 Å². The molecule has 2 unspecified atom stereocenters. The van der Waals surface area contributed by atoms with Crippen molar-refractivity contribution in [2.45, 2.75) is 44.2 Å². The van der Waals surface area contributed by atoms with E-state index in [4.69, 9.17) is 10.2 Å². The molecule has 2 aliphatic heterocycles. The van der Waals surface area contributed by atoms with Crippen molar-refractivity contribution in [3.05, 3.63) is 0 Å². The molecule has 2 saturated heterocycles. The van der Waals surface area contributed by atoms with Crippen molar-refractivity contribution in [1.29, 1.82) is 0 Å². The maximum absolute atomic E-state index is 12.1. The van der Waals surface area contributed by atoms with Crippen LogP contribution in [0.1, 0.15) is 32.1 Å². The number of piperidine rings is 1. The predicted molar refractivity (Wildman–Crippen MR) is 77.1 cm³/mol. The summed E-state index contributed by atoms with van der Waals surface area (Å²) in [7, 11) is 0. The van der Waals surface area contributed by atoms with E-state index in [1.807, 2.05) is 0 Å². The molecule has 2 fully saturated rings. The summed E-state index contributed by atoms with van der Waals surface area (Å²) in [5, 5.41) is 20.3. The molecule has 0 spiro atoms. The Bertz CT molecular complexity index is 371. The van der Waals surface area contributed by atoms with Gasteiger partial charge in [0.2, 0.25) is 0 Å². The summed E-state index contributed by atoms with van der Waals surface area (Å²) in [5.41, 5.74) is 0. The van der Waals surface area contributed by atoms with E-state index in [-0.39, 0.29) is 19.1 Å². The van der Waals surface area contributed by atoms with Gasteiger partial charge in [-0.1, -0.05) is 6.42 Å². The van der Waals surface area contributed by atoms with Crippen molar-refractivity contribution < 1.29 is 19.8 Å². The Hall–Kier alpha value is -1.34. The highest BCUT2D eigenvalue weighted by atomic mass is 16.4. The lowest BCUT2D eigenvalue weighted by molar-refractivity contribution is -0.139. The molecule has 2 atom stereocenters. The van der Waals surface area contributed by atoms with Gasteiger partial charge >= 0.3 is 12.0 Å². The molecule has 7 nitrogen and oxygen atoms in total. The van der Waals surface area contributed by atoms with E-state index in [0.29, 0.717) is 19.1 Å². The Kier molecular flexibility index (Phi) is 5.81. The molecule has 2 heterocycles. The highest BCUT2D eigenvalue weighted by Gasteiger charge is 2.32. The number of hydrogen-bond acceptors (Lipinski definition) is 4. The van der Waals surface area contributed by atoms with E-state index in [2.05, 4.69) is 10.2 Å². The molecule has 2 rings (SSSR count). The van der Waals surface area contributed by atoms with Crippen LogP contribution in [0.5, 0.6) is 0 Å². The van der Waals surface area contributed by atoms with Gasteiger partial charge in [0.15, 0.2) is 0 Å². The minimum atomic E-state index is -1.11. The molecule has 0 aromatic carbocycles. The number of likely N-dealkylation sites (tertiary alicyclic amines) is 2. The van der Waals surface area contributed by atoms with Gasteiger partial charge in [-0.05, 0) is 32.4 Å². The minimum absolute atomic E-state index is 0.0322. The summed E-state index contributed by atoms with van der Waals surface area (Å²) in [4.78, 5) is 27.2. The van der Waals surface area contributed by atoms with Gasteiger partial charge in [0.25, 0.3) is 0 Å². The molecule has 2 aliphatic rings. The second-order valence-corrected chi connectivity index (χ2v) is 5.84. The van der Waals surface area contributed by atoms with Crippen LogP contribution in [0.15, 0.2) is 0 Å². The Balaban J connectivity index is 1.82. The largest absolute Gasteiger partial charge is 0.480 e. The van der Waals surface area contributed by atoms with Crippen molar-refractivity contribution in [2.24, 2.45) is 0 Å². The third-order valence-electron chi connectivity index (χ3n) is 4.37. The number of carbonyl (C=O) groups excluding carboxylic acids is 1.